The van der Waals surface area contributed by atoms with Crippen LogP contribution in [0.4, 0.5) is 0 Å². The Kier molecular flexibility index (Phi) is 2.95. The van der Waals surface area contributed by atoms with Crippen molar-refractivity contribution < 1.29 is 8.42 Å². The van der Waals surface area contributed by atoms with E-state index in [4.69, 9.17) is 0 Å². The van der Waals surface area contributed by atoms with Gasteiger partial charge in [-0.05, 0) is 30.3 Å². The Balaban J connectivity index is 2.28. The molecule has 0 amide bonds. The molecule has 1 heterocycles. The molecule has 0 atom stereocenters. The molecule has 0 aliphatic carbocycles. The van der Waals surface area contributed by atoms with Crippen LogP contribution in [0.3, 0.4) is 0 Å². The molecular formula is C14H10BrNO2S. The monoisotopic (exact) mass is 335 g/mol. The van der Waals surface area contributed by atoms with Crippen LogP contribution < -0.4 is 0 Å². The molecule has 0 unspecified atom stereocenters. The average Bonchev–Trinajstić information content (AvgIpc) is 2.83. The number of nitrogens with zero attached hydrogens (tertiary/aromatic N) is 1. The van der Waals surface area contributed by atoms with Gasteiger partial charge in [0.1, 0.15) is 0 Å². The molecule has 3 rings (SSSR count). The van der Waals surface area contributed by atoms with E-state index < -0.39 is 10.0 Å². The summed E-state index contributed by atoms with van der Waals surface area (Å²) >= 11 is 3.37. The summed E-state index contributed by atoms with van der Waals surface area (Å²) in [5.41, 5.74) is 0.665. The van der Waals surface area contributed by atoms with Crippen LogP contribution in [0.15, 0.2) is 70.2 Å². The molecule has 0 aliphatic rings. The molecule has 0 aliphatic heterocycles. The number of benzene rings is 2. The van der Waals surface area contributed by atoms with E-state index in [0.717, 1.165) is 9.86 Å². The minimum absolute atomic E-state index is 0.285. The minimum atomic E-state index is -3.54. The molecule has 0 radical (unpaired) electrons. The van der Waals surface area contributed by atoms with Crippen LogP contribution in [-0.2, 0) is 10.0 Å². The van der Waals surface area contributed by atoms with E-state index in [9.17, 15) is 8.42 Å². The highest BCUT2D eigenvalue weighted by atomic mass is 79.9. The largest absolute Gasteiger partial charge is 0.268 e. The summed E-state index contributed by atoms with van der Waals surface area (Å²) in [5.74, 6) is 0. The smallest absolute Gasteiger partial charge is 0.241 e. The van der Waals surface area contributed by atoms with Gasteiger partial charge in [-0.25, -0.2) is 12.4 Å². The second kappa shape index (κ2) is 4.51. The molecule has 3 nitrogen and oxygen atoms in total. The topological polar surface area (TPSA) is 39.1 Å². The van der Waals surface area contributed by atoms with Crippen molar-refractivity contribution in [3.63, 3.8) is 0 Å². The van der Waals surface area contributed by atoms with Crippen molar-refractivity contribution >= 4 is 36.9 Å². The van der Waals surface area contributed by atoms with Gasteiger partial charge in [0.15, 0.2) is 0 Å². The highest BCUT2D eigenvalue weighted by Gasteiger charge is 2.18. The first kappa shape index (κ1) is 12.4. The van der Waals surface area contributed by atoms with Crippen LogP contribution in [0.2, 0.25) is 0 Å². The Bertz CT molecular complexity index is 838. The zero-order valence-corrected chi connectivity index (χ0v) is 12.2. The van der Waals surface area contributed by atoms with Gasteiger partial charge in [-0.2, -0.15) is 0 Å². The highest BCUT2D eigenvalue weighted by molar-refractivity contribution is 9.10. The van der Waals surface area contributed by atoms with Crippen molar-refractivity contribution in [2.24, 2.45) is 0 Å². The number of hydrogen-bond donors (Lipinski definition) is 0. The van der Waals surface area contributed by atoms with E-state index >= 15 is 0 Å². The Morgan fingerprint density at radius 2 is 1.68 bits per heavy atom. The summed E-state index contributed by atoms with van der Waals surface area (Å²) in [7, 11) is -3.54. The number of hydrogen-bond acceptors (Lipinski definition) is 2. The molecule has 5 heteroatoms. The minimum Gasteiger partial charge on any atom is -0.241 e. The first-order chi connectivity index (χ1) is 9.09. The van der Waals surface area contributed by atoms with E-state index in [1.807, 2.05) is 12.1 Å². The normalized spacial score (nSPS) is 11.8. The predicted molar refractivity (Wildman–Crippen MR) is 78.7 cm³/mol. The molecule has 0 saturated carbocycles. The Morgan fingerprint density at radius 3 is 2.42 bits per heavy atom. The lowest BCUT2D eigenvalue weighted by molar-refractivity contribution is 0.589. The first-order valence-corrected chi connectivity index (χ1v) is 7.89. The van der Waals surface area contributed by atoms with Crippen LogP contribution in [0.1, 0.15) is 0 Å². The maximum atomic E-state index is 12.6. The maximum Gasteiger partial charge on any atom is 0.268 e. The molecular weight excluding hydrogens is 326 g/mol. The first-order valence-electron chi connectivity index (χ1n) is 5.66. The summed E-state index contributed by atoms with van der Waals surface area (Å²) < 4.78 is 27.3. The van der Waals surface area contributed by atoms with E-state index in [1.165, 1.54) is 3.97 Å². The lowest BCUT2D eigenvalue weighted by atomic mass is 10.3. The number of aromatic nitrogens is 1. The fourth-order valence-electron chi connectivity index (χ4n) is 1.99. The molecule has 0 N–H and O–H groups in total. The summed E-state index contributed by atoms with van der Waals surface area (Å²) in [5, 5.41) is 0.891. The molecule has 96 valence electrons. The van der Waals surface area contributed by atoms with Crippen LogP contribution >= 0.6 is 15.9 Å². The molecule has 0 bridgehead atoms. The van der Waals surface area contributed by atoms with Crippen molar-refractivity contribution in [1.82, 2.24) is 3.97 Å². The maximum absolute atomic E-state index is 12.6. The summed E-state index contributed by atoms with van der Waals surface area (Å²) in [4.78, 5) is 0.285. The lowest BCUT2D eigenvalue weighted by Crippen LogP contribution is -2.11. The quantitative estimate of drug-likeness (QED) is 0.717. The van der Waals surface area contributed by atoms with E-state index in [2.05, 4.69) is 15.9 Å². The van der Waals surface area contributed by atoms with Gasteiger partial charge in [-0.3, -0.25) is 0 Å². The molecule has 0 fully saturated rings. The Labute approximate surface area is 119 Å². The molecule has 0 spiro atoms. The van der Waals surface area contributed by atoms with Crippen molar-refractivity contribution in [1.29, 1.82) is 0 Å². The van der Waals surface area contributed by atoms with Gasteiger partial charge in [-0.15, -0.1) is 0 Å². The van der Waals surface area contributed by atoms with E-state index in [-0.39, 0.29) is 4.90 Å². The van der Waals surface area contributed by atoms with Crippen molar-refractivity contribution in [3.05, 3.63) is 65.3 Å². The zero-order chi connectivity index (χ0) is 13.5. The third-order valence-electron chi connectivity index (χ3n) is 2.92. The third-order valence-corrected chi connectivity index (χ3v) is 5.12. The van der Waals surface area contributed by atoms with E-state index in [1.54, 1.807) is 48.7 Å². The van der Waals surface area contributed by atoms with Gasteiger partial charge in [-0.1, -0.05) is 40.2 Å². The van der Waals surface area contributed by atoms with Crippen molar-refractivity contribution in [3.8, 4) is 0 Å². The lowest BCUT2D eigenvalue weighted by Gasteiger charge is -2.07. The number of rotatable bonds is 2. The summed E-state index contributed by atoms with van der Waals surface area (Å²) in [6, 6.07) is 15.8. The average molecular weight is 336 g/mol. The molecule has 2 aromatic carbocycles. The summed E-state index contributed by atoms with van der Waals surface area (Å²) in [6.45, 7) is 0. The van der Waals surface area contributed by atoms with Crippen molar-refractivity contribution in [2.45, 2.75) is 4.90 Å². The van der Waals surface area contributed by atoms with Gasteiger partial charge < -0.3 is 0 Å². The third kappa shape index (κ3) is 2.09. The molecule has 3 aromatic rings. The zero-order valence-electron chi connectivity index (χ0n) is 9.82. The number of halogens is 1. The number of fused-ring (bicyclic) bond motifs is 1. The highest BCUT2D eigenvalue weighted by Crippen LogP contribution is 2.24. The van der Waals surface area contributed by atoms with E-state index in [0.29, 0.717) is 5.52 Å². The fraction of sp³-hybridized carbons (Fsp3) is 0. The standard InChI is InChI=1S/C14H10BrNO2S/c15-12-7-6-11-8-9-16(14(11)10-12)19(17,18)13-4-2-1-3-5-13/h1-10H. The molecule has 19 heavy (non-hydrogen) atoms. The Morgan fingerprint density at radius 1 is 0.947 bits per heavy atom. The second-order valence-corrected chi connectivity index (χ2v) is 6.86. The fourth-order valence-corrected chi connectivity index (χ4v) is 3.71. The summed E-state index contributed by atoms with van der Waals surface area (Å²) in [6.07, 6.45) is 1.58. The van der Waals surface area contributed by atoms with Crippen LogP contribution in [0.25, 0.3) is 10.9 Å². The molecule has 0 saturated heterocycles. The van der Waals surface area contributed by atoms with Gasteiger partial charge in [0.25, 0.3) is 10.0 Å². The molecule has 1 aromatic heterocycles. The SMILES string of the molecule is O=S(=O)(c1ccccc1)n1ccc2ccc(Br)cc21. The van der Waals surface area contributed by atoms with Gasteiger partial charge >= 0.3 is 0 Å². The van der Waals surface area contributed by atoms with Crippen molar-refractivity contribution in [2.75, 3.05) is 0 Å². The van der Waals surface area contributed by atoms with Crippen LogP contribution in [0.5, 0.6) is 0 Å². The van der Waals surface area contributed by atoms with Gasteiger partial charge in [0.05, 0.1) is 10.4 Å². The van der Waals surface area contributed by atoms with Gasteiger partial charge in [0.2, 0.25) is 0 Å². The predicted octanol–water partition coefficient (Wildman–Crippen LogP) is 3.64. The van der Waals surface area contributed by atoms with Gasteiger partial charge in [0, 0.05) is 16.1 Å². The van der Waals surface area contributed by atoms with Crippen LogP contribution in [0, 0.1) is 0 Å². The second-order valence-electron chi connectivity index (χ2n) is 4.13. The Hall–Kier alpha value is -1.59. The van der Waals surface area contributed by atoms with Crippen LogP contribution in [-0.4, -0.2) is 12.4 Å².